The predicted octanol–water partition coefficient (Wildman–Crippen LogP) is 3.83. The zero-order valence-corrected chi connectivity index (χ0v) is 12.5. The van der Waals surface area contributed by atoms with Crippen LogP contribution in [0.3, 0.4) is 0 Å². The van der Waals surface area contributed by atoms with Crippen LogP contribution in [0, 0.1) is 9.39 Å². The van der Waals surface area contributed by atoms with Crippen molar-refractivity contribution in [3.63, 3.8) is 0 Å². The number of anilines is 1. The molecule has 0 amide bonds. The maximum absolute atomic E-state index is 13.6. The number of aromatic nitrogens is 2. The molecule has 4 nitrogen and oxygen atoms in total. The fourth-order valence-electron chi connectivity index (χ4n) is 1.39. The molecule has 0 atom stereocenters. The first-order valence-electron chi connectivity index (χ1n) is 5.89. The van der Waals surface area contributed by atoms with E-state index in [4.69, 9.17) is 4.74 Å². The third-order valence-electron chi connectivity index (χ3n) is 2.26. The van der Waals surface area contributed by atoms with Gasteiger partial charge < -0.3 is 10.1 Å². The Bertz CT molecular complexity index is 565. The summed E-state index contributed by atoms with van der Waals surface area (Å²) in [7, 11) is 0. The van der Waals surface area contributed by atoms with Crippen LogP contribution in [0.5, 0.6) is 11.6 Å². The molecular weight excluding hydrogens is 360 g/mol. The summed E-state index contributed by atoms with van der Waals surface area (Å²) in [5.41, 5.74) is 0. The number of ether oxygens (including phenoxy) is 1. The Morgan fingerprint density at radius 1 is 1.42 bits per heavy atom. The van der Waals surface area contributed by atoms with Gasteiger partial charge in [0.05, 0.1) is 6.20 Å². The highest BCUT2D eigenvalue weighted by Crippen LogP contribution is 2.24. The van der Waals surface area contributed by atoms with E-state index in [0.29, 0.717) is 11.7 Å². The Labute approximate surface area is 124 Å². The first-order chi connectivity index (χ1) is 9.19. The maximum atomic E-state index is 13.6. The standard InChI is InChI=1S/C13H13FIN3O/c1-2-6-16-13-17-8-11(14)12(18-13)19-10-5-3-4-9(15)7-10/h3-5,7-8H,2,6H2,1H3,(H,16,17,18). The van der Waals surface area contributed by atoms with Gasteiger partial charge in [-0.1, -0.05) is 13.0 Å². The number of hydrogen-bond donors (Lipinski definition) is 1. The highest BCUT2D eigenvalue weighted by Gasteiger charge is 2.09. The summed E-state index contributed by atoms with van der Waals surface area (Å²) in [5.74, 6) is 0.256. The zero-order chi connectivity index (χ0) is 13.7. The van der Waals surface area contributed by atoms with Crippen molar-refractivity contribution in [3.05, 3.63) is 39.8 Å². The topological polar surface area (TPSA) is 47.0 Å². The molecule has 2 rings (SSSR count). The van der Waals surface area contributed by atoms with Crippen LogP contribution in [0.4, 0.5) is 10.3 Å². The normalized spacial score (nSPS) is 10.3. The molecule has 0 aliphatic rings. The highest BCUT2D eigenvalue weighted by atomic mass is 127. The quantitative estimate of drug-likeness (QED) is 0.810. The van der Waals surface area contributed by atoms with E-state index >= 15 is 0 Å². The molecule has 0 unspecified atom stereocenters. The average Bonchev–Trinajstić information content (AvgIpc) is 2.40. The summed E-state index contributed by atoms with van der Waals surface area (Å²) in [6.45, 7) is 2.76. The zero-order valence-electron chi connectivity index (χ0n) is 10.4. The Balaban J connectivity index is 2.19. The molecule has 1 aromatic heterocycles. The van der Waals surface area contributed by atoms with Gasteiger partial charge in [0, 0.05) is 10.1 Å². The van der Waals surface area contributed by atoms with E-state index in [1.807, 2.05) is 19.1 Å². The van der Waals surface area contributed by atoms with Gasteiger partial charge in [-0.05, 0) is 47.2 Å². The largest absolute Gasteiger partial charge is 0.436 e. The van der Waals surface area contributed by atoms with E-state index in [1.165, 1.54) is 0 Å². The molecule has 100 valence electrons. The van der Waals surface area contributed by atoms with E-state index in [-0.39, 0.29) is 5.88 Å². The minimum absolute atomic E-state index is 0.0735. The number of benzene rings is 1. The summed E-state index contributed by atoms with van der Waals surface area (Å²) in [4.78, 5) is 7.87. The average molecular weight is 373 g/mol. The number of halogens is 2. The van der Waals surface area contributed by atoms with Crippen molar-refractivity contribution in [2.24, 2.45) is 0 Å². The lowest BCUT2D eigenvalue weighted by atomic mass is 10.3. The van der Waals surface area contributed by atoms with Crippen LogP contribution in [0.25, 0.3) is 0 Å². The van der Waals surface area contributed by atoms with Crippen LogP contribution in [0.15, 0.2) is 30.5 Å². The van der Waals surface area contributed by atoms with Crippen molar-refractivity contribution in [1.29, 1.82) is 0 Å². The summed E-state index contributed by atoms with van der Waals surface area (Å²) in [6.07, 6.45) is 2.04. The lowest BCUT2D eigenvalue weighted by molar-refractivity contribution is 0.420. The van der Waals surface area contributed by atoms with Crippen molar-refractivity contribution >= 4 is 28.5 Å². The fourth-order valence-corrected chi connectivity index (χ4v) is 1.90. The van der Waals surface area contributed by atoms with Crippen LogP contribution >= 0.6 is 22.6 Å². The van der Waals surface area contributed by atoms with Crippen molar-refractivity contribution < 1.29 is 9.13 Å². The van der Waals surface area contributed by atoms with E-state index in [2.05, 4.69) is 37.9 Å². The summed E-state index contributed by atoms with van der Waals surface area (Å²) >= 11 is 2.16. The van der Waals surface area contributed by atoms with Gasteiger partial charge in [-0.3, -0.25) is 0 Å². The van der Waals surface area contributed by atoms with Gasteiger partial charge in [0.2, 0.25) is 11.8 Å². The fraction of sp³-hybridized carbons (Fsp3) is 0.231. The van der Waals surface area contributed by atoms with Gasteiger partial charge in [0.15, 0.2) is 0 Å². The molecule has 0 bridgehead atoms. The van der Waals surface area contributed by atoms with Crippen molar-refractivity contribution in [2.45, 2.75) is 13.3 Å². The van der Waals surface area contributed by atoms with Crippen molar-refractivity contribution in [1.82, 2.24) is 9.97 Å². The van der Waals surface area contributed by atoms with E-state index < -0.39 is 5.82 Å². The number of nitrogens with zero attached hydrogens (tertiary/aromatic N) is 2. The highest BCUT2D eigenvalue weighted by molar-refractivity contribution is 14.1. The molecular formula is C13H13FIN3O. The molecule has 0 fully saturated rings. The molecule has 0 spiro atoms. The molecule has 6 heteroatoms. The second-order valence-electron chi connectivity index (χ2n) is 3.83. The molecule has 1 heterocycles. The first-order valence-corrected chi connectivity index (χ1v) is 6.96. The first kappa shape index (κ1) is 14.0. The molecule has 0 aliphatic heterocycles. The Kier molecular flexibility index (Phi) is 4.89. The second kappa shape index (κ2) is 6.65. The molecule has 0 aliphatic carbocycles. The van der Waals surface area contributed by atoms with Gasteiger partial charge >= 0.3 is 0 Å². The second-order valence-corrected chi connectivity index (χ2v) is 5.08. The van der Waals surface area contributed by atoms with E-state index in [0.717, 1.165) is 22.7 Å². The monoisotopic (exact) mass is 373 g/mol. The number of rotatable bonds is 5. The molecule has 0 radical (unpaired) electrons. The molecule has 1 aromatic carbocycles. The Hall–Kier alpha value is -1.44. The lowest BCUT2D eigenvalue weighted by Gasteiger charge is -2.08. The van der Waals surface area contributed by atoms with Crippen molar-refractivity contribution in [2.75, 3.05) is 11.9 Å². The minimum atomic E-state index is -0.582. The molecule has 0 saturated carbocycles. The van der Waals surface area contributed by atoms with Crippen LogP contribution in [0.2, 0.25) is 0 Å². The van der Waals surface area contributed by atoms with Crippen molar-refractivity contribution in [3.8, 4) is 11.6 Å². The van der Waals surface area contributed by atoms with Gasteiger partial charge in [-0.15, -0.1) is 0 Å². The minimum Gasteiger partial charge on any atom is -0.436 e. The predicted molar refractivity (Wildman–Crippen MR) is 80.0 cm³/mol. The Morgan fingerprint density at radius 3 is 3.00 bits per heavy atom. The van der Waals surface area contributed by atoms with Crippen LogP contribution in [0.1, 0.15) is 13.3 Å². The van der Waals surface area contributed by atoms with Crippen LogP contribution in [-0.2, 0) is 0 Å². The molecule has 19 heavy (non-hydrogen) atoms. The molecule has 0 saturated heterocycles. The van der Waals surface area contributed by atoms with Gasteiger partial charge in [0.25, 0.3) is 5.88 Å². The SMILES string of the molecule is CCCNc1ncc(F)c(Oc2cccc(I)c2)n1. The molecule has 2 aromatic rings. The number of hydrogen-bond acceptors (Lipinski definition) is 4. The third-order valence-corrected chi connectivity index (χ3v) is 2.93. The lowest BCUT2D eigenvalue weighted by Crippen LogP contribution is -2.05. The van der Waals surface area contributed by atoms with Gasteiger partial charge in [-0.2, -0.15) is 9.37 Å². The smallest absolute Gasteiger partial charge is 0.260 e. The maximum Gasteiger partial charge on any atom is 0.260 e. The van der Waals surface area contributed by atoms with E-state index in [9.17, 15) is 4.39 Å². The Morgan fingerprint density at radius 2 is 2.26 bits per heavy atom. The van der Waals surface area contributed by atoms with E-state index in [1.54, 1.807) is 12.1 Å². The molecule has 1 N–H and O–H groups in total. The van der Waals surface area contributed by atoms with Gasteiger partial charge in [0.1, 0.15) is 5.75 Å². The summed E-state index contributed by atoms with van der Waals surface area (Å²) in [6, 6.07) is 7.33. The van der Waals surface area contributed by atoms with Crippen LogP contribution < -0.4 is 10.1 Å². The summed E-state index contributed by atoms with van der Waals surface area (Å²) < 4.78 is 20.0. The number of nitrogens with one attached hydrogen (secondary N) is 1. The van der Waals surface area contributed by atoms with Gasteiger partial charge in [-0.25, -0.2) is 4.98 Å². The van der Waals surface area contributed by atoms with Crippen LogP contribution in [-0.4, -0.2) is 16.5 Å². The third kappa shape index (κ3) is 4.02. The summed E-state index contributed by atoms with van der Waals surface area (Å²) in [5, 5.41) is 2.99.